The highest BCUT2D eigenvalue weighted by Gasteiger charge is 2.19. The molecule has 1 unspecified atom stereocenters. The van der Waals surface area contributed by atoms with Crippen molar-refractivity contribution in [2.75, 3.05) is 7.11 Å². The van der Waals surface area contributed by atoms with Crippen molar-refractivity contribution in [3.8, 4) is 0 Å². The molecule has 0 bridgehead atoms. The molecule has 0 amide bonds. The highest BCUT2D eigenvalue weighted by molar-refractivity contribution is 5.81. The summed E-state index contributed by atoms with van der Waals surface area (Å²) < 4.78 is 9.97. The zero-order chi connectivity index (χ0) is 11.5. The van der Waals surface area contributed by atoms with Crippen LogP contribution in [0.4, 0.5) is 0 Å². The van der Waals surface area contributed by atoms with Crippen LogP contribution in [0, 0.1) is 0 Å². The number of esters is 1. The summed E-state index contributed by atoms with van der Waals surface area (Å²) in [7, 11) is 1.40. The van der Waals surface area contributed by atoms with Crippen LogP contribution in [0.3, 0.4) is 0 Å². The summed E-state index contributed by atoms with van der Waals surface area (Å²) in [5.74, 6) is -0.458. The van der Waals surface area contributed by atoms with Crippen LogP contribution in [-0.4, -0.2) is 18.1 Å². The van der Waals surface area contributed by atoms with E-state index >= 15 is 0 Å². The molecule has 1 heterocycles. The summed E-state index contributed by atoms with van der Waals surface area (Å²) in [5, 5.41) is 0. The van der Waals surface area contributed by atoms with Gasteiger partial charge in [-0.1, -0.05) is 13.0 Å². The number of benzene rings is 1. The van der Waals surface area contributed by atoms with Gasteiger partial charge in [-0.15, -0.1) is 0 Å². The highest BCUT2D eigenvalue weighted by atomic mass is 16.5. The van der Waals surface area contributed by atoms with E-state index in [-0.39, 0.29) is 11.9 Å². The maximum Gasteiger partial charge on any atom is 0.313 e. The number of oxazole rings is 1. The Morgan fingerprint density at radius 2 is 2.38 bits per heavy atom. The van der Waals surface area contributed by atoms with E-state index in [2.05, 4.69) is 4.98 Å². The van der Waals surface area contributed by atoms with Crippen molar-refractivity contribution in [3.63, 3.8) is 0 Å². The fourth-order valence-electron chi connectivity index (χ4n) is 1.77. The first-order chi connectivity index (χ1) is 7.76. The third-order valence-corrected chi connectivity index (χ3v) is 2.65. The SMILES string of the molecule is CCC(C(=O)OC)c1ccc2ncoc2c1. The van der Waals surface area contributed by atoms with Gasteiger partial charge in [-0.2, -0.15) is 0 Å². The molecule has 0 saturated heterocycles. The zero-order valence-electron chi connectivity index (χ0n) is 9.27. The van der Waals surface area contributed by atoms with E-state index in [4.69, 9.17) is 9.15 Å². The summed E-state index contributed by atoms with van der Waals surface area (Å²) in [6, 6.07) is 5.57. The summed E-state index contributed by atoms with van der Waals surface area (Å²) in [6.45, 7) is 1.95. The molecule has 2 rings (SSSR count). The van der Waals surface area contributed by atoms with Crippen LogP contribution in [0.1, 0.15) is 24.8 Å². The maximum absolute atomic E-state index is 11.5. The highest BCUT2D eigenvalue weighted by Crippen LogP contribution is 2.24. The fourth-order valence-corrected chi connectivity index (χ4v) is 1.77. The second kappa shape index (κ2) is 4.35. The van der Waals surface area contributed by atoms with Gasteiger partial charge in [0.2, 0.25) is 0 Å². The Kier molecular flexibility index (Phi) is 2.90. The molecule has 0 saturated carbocycles. The minimum Gasteiger partial charge on any atom is -0.469 e. The minimum absolute atomic E-state index is 0.221. The lowest BCUT2D eigenvalue weighted by Gasteiger charge is -2.12. The van der Waals surface area contributed by atoms with Crippen molar-refractivity contribution in [1.29, 1.82) is 0 Å². The van der Waals surface area contributed by atoms with Gasteiger partial charge in [0, 0.05) is 0 Å². The van der Waals surface area contributed by atoms with Gasteiger partial charge in [-0.05, 0) is 24.1 Å². The summed E-state index contributed by atoms with van der Waals surface area (Å²) >= 11 is 0. The molecular formula is C12H13NO3. The van der Waals surface area contributed by atoms with E-state index < -0.39 is 0 Å². The Morgan fingerprint density at radius 1 is 1.56 bits per heavy atom. The Balaban J connectivity index is 2.40. The Hall–Kier alpha value is -1.84. The van der Waals surface area contributed by atoms with Gasteiger partial charge >= 0.3 is 5.97 Å². The molecule has 84 valence electrons. The molecule has 4 nitrogen and oxygen atoms in total. The van der Waals surface area contributed by atoms with Crippen LogP contribution in [0.2, 0.25) is 0 Å². The number of rotatable bonds is 3. The van der Waals surface area contributed by atoms with Gasteiger partial charge in [0.05, 0.1) is 13.0 Å². The third-order valence-electron chi connectivity index (χ3n) is 2.65. The van der Waals surface area contributed by atoms with E-state index in [1.807, 2.05) is 25.1 Å². The molecule has 1 aromatic carbocycles. The van der Waals surface area contributed by atoms with Gasteiger partial charge in [0.15, 0.2) is 12.0 Å². The Bertz CT molecular complexity index is 504. The average Bonchev–Trinajstić information content (AvgIpc) is 2.77. The lowest BCUT2D eigenvalue weighted by molar-refractivity contribution is -0.142. The molecule has 1 aromatic heterocycles. The number of aromatic nitrogens is 1. The van der Waals surface area contributed by atoms with E-state index in [1.54, 1.807) is 0 Å². The van der Waals surface area contributed by atoms with Crippen LogP contribution in [0.15, 0.2) is 29.0 Å². The molecule has 0 aliphatic carbocycles. The molecule has 4 heteroatoms. The topological polar surface area (TPSA) is 52.3 Å². The quantitative estimate of drug-likeness (QED) is 0.744. The second-order valence-electron chi connectivity index (χ2n) is 3.56. The smallest absolute Gasteiger partial charge is 0.313 e. The van der Waals surface area contributed by atoms with Gasteiger partial charge in [-0.3, -0.25) is 4.79 Å². The van der Waals surface area contributed by atoms with Gasteiger partial charge < -0.3 is 9.15 Å². The van der Waals surface area contributed by atoms with Crippen LogP contribution in [-0.2, 0) is 9.53 Å². The van der Waals surface area contributed by atoms with E-state index in [0.717, 1.165) is 11.1 Å². The van der Waals surface area contributed by atoms with Crippen molar-refractivity contribution >= 4 is 17.1 Å². The second-order valence-corrected chi connectivity index (χ2v) is 3.56. The number of methoxy groups -OCH3 is 1. The Labute approximate surface area is 93.2 Å². The van der Waals surface area contributed by atoms with Crippen LogP contribution in [0.5, 0.6) is 0 Å². The van der Waals surface area contributed by atoms with Gasteiger partial charge in [0.1, 0.15) is 5.52 Å². The monoisotopic (exact) mass is 219 g/mol. The lowest BCUT2D eigenvalue weighted by Crippen LogP contribution is -2.13. The van der Waals surface area contributed by atoms with Crippen LogP contribution in [0.25, 0.3) is 11.1 Å². The van der Waals surface area contributed by atoms with Crippen LogP contribution >= 0.6 is 0 Å². The third kappa shape index (κ3) is 1.78. The van der Waals surface area contributed by atoms with E-state index in [1.165, 1.54) is 13.5 Å². The molecule has 0 aliphatic rings. The molecule has 0 spiro atoms. The summed E-state index contributed by atoms with van der Waals surface area (Å²) in [6.07, 6.45) is 2.10. The van der Waals surface area contributed by atoms with Crippen molar-refractivity contribution in [2.45, 2.75) is 19.3 Å². The molecule has 0 radical (unpaired) electrons. The maximum atomic E-state index is 11.5. The predicted molar refractivity (Wildman–Crippen MR) is 59.1 cm³/mol. The number of ether oxygens (including phenoxy) is 1. The van der Waals surface area contributed by atoms with Crippen molar-refractivity contribution < 1.29 is 13.9 Å². The van der Waals surface area contributed by atoms with Gasteiger partial charge in [0.25, 0.3) is 0 Å². The number of nitrogens with zero attached hydrogens (tertiary/aromatic N) is 1. The summed E-state index contributed by atoms with van der Waals surface area (Å²) in [5.41, 5.74) is 2.39. The minimum atomic E-state index is -0.237. The van der Waals surface area contributed by atoms with E-state index in [0.29, 0.717) is 12.0 Å². The molecule has 16 heavy (non-hydrogen) atoms. The lowest BCUT2D eigenvalue weighted by atomic mass is 9.96. The Morgan fingerprint density at radius 3 is 3.06 bits per heavy atom. The first-order valence-corrected chi connectivity index (χ1v) is 5.17. The number of fused-ring (bicyclic) bond motifs is 1. The average molecular weight is 219 g/mol. The number of hydrogen-bond donors (Lipinski definition) is 0. The number of carbonyl (C=O) groups is 1. The normalized spacial score (nSPS) is 12.6. The van der Waals surface area contributed by atoms with Crippen molar-refractivity contribution in [3.05, 3.63) is 30.2 Å². The van der Waals surface area contributed by atoms with Crippen LogP contribution < -0.4 is 0 Å². The largest absolute Gasteiger partial charge is 0.469 e. The van der Waals surface area contributed by atoms with Gasteiger partial charge in [-0.25, -0.2) is 4.98 Å². The molecule has 1 atom stereocenters. The number of hydrogen-bond acceptors (Lipinski definition) is 4. The standard InChI is InChI=1S/C12H13NO3/c1-3-9(12(14)15-2)8-4-5-10-11(6-8)16-7-13-10/h4-7,9H,3H2,1-2H3. The molecular weight excluding hydrogens is 206 g/mol. The predicted octanol–water partition coefficient (Wildman–Crippen LogP) is 2.49. The molecule has 0 aliphatic heterocycles. The van der Waals surface area contributed by atoms with Crippen molar-refractivity contribution in [1.82, 2.24) is 4.98 Å². The zero-order valence-corrected chi connectivity index (χ0v) is 9.27. The molecule has 0 N–H and O–H groups in total. The van der Waals surface area contributed by atoms with E-state index in [9.17, 15) is 4.79 Å². The number of carbonyl (C=O) groups excluding carboxylic acids is 1. The molecule has 2 aromatic rings. The summed E-state index contributed by atoms with van der Waals surface area (Å²) in [4.78, 5) is 15.6. The molecule has 0 fully saturated rings. The first-order valence-electron chi connectivity index (χ1n) is 5.17. The van der Waals surface area contributed by atoms with Crippen molar-refractivity contribution in [2.24, 2.45) is 0 Å². The first kappa shape index (κ1) is 10.7. The fraction of sp³-hybridized carbons (Fsp3) is 0.333.